The first-order valence-corrected chi connectivity index (χ1v) is 8.93. The van der Waals surface area contributed by atoms with Gasteiger partial charge in [0.1, 0.15) is 5.75 Å². The number of benzene rings is 1. The number of aliphatic hydroxyl groups excluding tert-OH is 1. The minimum absolute atomic E-state index is 0.197. The van der Waals surface area contributed by atoms with Crippen molar-refractivity contribution in [3.05, 3.63) is 29.8 Å². The maximum atomic E-state index is 12.2. The van der Waals surface area contributed by atoms with Crippen molar-refractivity contribution in [3.8, 4) is 5.75 Å². The Labute approximate surface area is 151 Å². The van der Waals surface area contributed by atoms with Gasteiger partial charge in [-0.3, -0.25) is 4.99 Å². The topological polar surface area (TPSA) is 65.9 Å². The lowest BCUT2D eigenvalue weighted by atomic mass is 9.93. The van der Waals surface area contributed by atoms with Crippen LogP contribution in [-0.2, 0) is 6.42 Å². The number of halogens is 3. The van der Waals surface area contributed by atoms with E-state index in [0.717, 1.165) is 43.8 Å². The van der Waals surface area contributed by atoms with E-state index in [1.54, 1.807) is 12.1 Å². The molecule has 1 saturated carbocycles. The summed E-state index contributed by atoms with van der Waals surface area (Å²) in [5.74, 6) is 0.505. The molecule has 0 heterocycles. The highest BCUT2D eigenvalue weighted by Gasteiger charge is 2.30. The van der Waals surface area contributed by atoms with E-state index in [0.29, 0.717) is 19.0 Å². The number of aliphatic hydroxyl groups is 1. The van der Waals surface area contributed by atoms with Gasteiger partial charge in [0.2, 0.25) is 0 Å². The highest BCUT2D eigenvalue weighted by atomic mass is 19.4. The molecule has 0 aliphatic heterocycles. The summed E-state index contributed by atoms with van der Waals surface area (Å²) >= 11 is 0. The van der Waals surface area contributed by atoms with Crippen LogP contribution >= 0.6 is 0 Å². The molecule has 26 heavy (non-hydrogen) atoms. The molecule has 0 saturated heterocycles. The van der Waals surface area contributed by atoms with Crippen LogP contribution in [0.1, 0.15) is 38.2 Å². The van der Waals surface area contributed by atoms with E-state index < -0.39 is 6.36 Å². The Bertz CT molecular complexity index is 568. The SMILES string of the molecule is CCNC(=NCCc1ccc(OC(F)(F)F)cc1)NC1CCC(O)CC1. The van der Waals surface area contributed by atoms with Crippen molar-refractivity contribution in [1.29, 1.82) is 0 Å². The maximum Gasteiger partial charge on any atom is 0.573 e. The quantitative estimate of drug-likeness (QED) is 0.530. The Kier molecular flexibility index (Phi) is 7.56. The van der Waals surface area contributed by atoms with Gasteiger partial charge in [-0.1, -0.05) is 12.1 Å². The fourth-order valence-corrected chi connectivity index (χ4v) is 2.89. The molecule has 146 valence electrons. The number of hydrogen-bond donors (Lipinski definition) is 3. The van der Waals surface area contributed by atoms with Crippen LogP contribution in [-0.4, -0.2) is 42.7 Å². The number of hydrogen-bond acceptors (Lipinski definition) is 3. The molecule has 0 unspecified atom stereocenters. The summed E-state index contributed by atoms with van der Waals surface area (Å²) in [5, 5.41) is 16.1. The Morgan fingerprint density at radius 3 is 2.42 bits per heavy atom. The highest BCUT2D eigenvalue weighted by molar-refractivity contribution is 5.80. The van der Waals surface area contributed by atoms with E-state index in [-0.39, 0.29) is 11.9 Å². The molecule has 1 aromatic carbocycles. The summed E-state index contributed by atoms with van der Waals surface area (Å²) in [6.45, 7) is 3.25. The number of nitrogens with one attached hydrogen (secondary N) is 2. The van der Waals surface area contributed by atoms with Gasteiger partial charge in [-0.15, -0.1) is 13.2 Å². The third kappa shape index (κ3) is 7.51. The zero-order valence-corrected chi connectivity index (χ0v) is 14.9. The van der Waals surface area contributed by atoms with Crippen LogP contribution in [0.2, 0.25) is 0 Å². The monoisotopic (exact) mass is 373 g/mol. The third-order valence-corrected chi connectivity index (χ3v) is 4.21. The van der Waals surface area contributed by atoms with Crippen LogP contribution in [0, 0.1) is 0 Å². The van der Waals surface area contributed by atoms with E-state index >= 15 is 0 Å². The molecule has 3 N–H and O–H groups in total. The molecular weight excluding hydrogens is 347 g/mol. The van der Waals surface area contributed by atoms with Crippen molar-refractivity contribution in [1.82, 2.24) is 10.6 Å². The maximum absolute atomic E-state index is 12.2. The minimum atomic E-state index is -4.67. The largest absolute Gasteiger partial charge is 0.573 e. The number of guanidine groups is 1. The summed E-state index contributed by atoms with van der Waals surface area (Å²) in [5.41, 5.74) is 0.889. The molecule has 8 heteroatoms. The van der Waals surface area contributed by atoms with Gasteiger partial charge < -0.3 is 20.5 Å². The van der Waals surface area contributed by atoms with E-state index in [4.69, 9.17) is 0 Å². The summed E-state index contributed by atoms with van der Waals surface area (Å²) < 4.78 is 40.3. The van der Waals surface area contributed by atoms with Crippen molar-refractivity contribution >= 4 is 5.96 Å². The van der Waals surface area contributed by atoms with Crippen molar-refractivity contribution in [3.63, 3.8) is 0 Å². The van der Waals surface area contributed by atoms with E-state index in [2.05, 4.69) is 20.4 Å². The molecule has 0 bridgehead atoms. The number of aliphatic imine (C=N–C) groups is 1. The van der Waals surface area contributed by atoms with E-state index in [1.807, 2.05) is 6.92 Å². The van der Waals surface area contributed by atoms with Crippen molar-refractivity contribution in [2.24, 2.45) is 4.99 Å². The van der Waals surface area contributed by atoms with E-state index in [9.17, 15) is 18.3 Å². The van der Waals surface area contributed by atoms with Crippen molar-refractivity contribution in [2.45, 2.75) is 57.5 Å². The molecule has 0 amide bonds. The predicted octanol–water partition coefficient (Wildman–Crippen LogP) is 2.99. The third-order valence-electron chi connectivity index (χ3n) is 4.21. The Hall–Kier alpha value is -1.96. The average molecular weight is 373 g/mol. The second kappa shape index (κ2) is 9.66. The van der Waals surface area contributed by atoms with Crippen LogP contribution < -0.4 is 15.4 Å². The number of ether oxygens (including phenoxy) is 1. The minimum Gasteiger partial charge on any atom is -0.406 e. The molecule has 0 aromatic heterocycles. The zero-order chi connectivity index (χ0) is 19.0. The zero-order valence-electron chi connectivity index (χ0n) is 14.9. The molecule has 1 fully saturated rings. The second-order valence-corrected chi connectivity index (χ2v) is 6.35. The van der Waals surface area contributed by atoms with Gasteiger partial charge in [0.25, 0.3) is 0 Å². The standard InChI is InChI=1S/C18H26F3N3O2/c1-2-22-17(24-14-5-7-15(25)8-6-14)23-12-11-13-3-9-16(10-4-13)26-18(19,20)21/h3-4,9-10,14-15,25H,2,5-8,11-12H2,1H3,(H2,22,23,24). The fourth-order valence-electron chi connectivity index (χ4n) is 2.89. The van der Waals surface area contributed by atoms with Gasteiger partial charge in [0.05, 0.1) is 6.10 Å². The van der Waals surface area contributed by atoms with Gasteiger partial charge in [-0.2, -0.15) is 0 Å². The molecule has 1 aromatic rings. The van der Waals surface area contributed by atoms with Crippen molar-refractivity contribution in [2.75, 3.05) is 13.1 Å². The summed E-state index contributed by atoms with van der Waals surface area (Å²) in [6.07, 6.45) is -0.845. The fraction of sp³-hybridized carbons (Fsp3) is 0.611. The Morgan fingerprint density at radius 2 is 1.85 bits per heavy atom. The van der Waals surface area contributed by atoms with Crippen LogP contribution in [0.25, 0.3) is 0 Å². The number of alkyl halides is 3. The van der Waals surface area contributed by atoms with Gasteiger partial charge in [-0.25, -0.2) is 0 Å². The predicted molar refractivity (Wildman–Crippen MR) is 94.2 cm³/mol. The molecular formula is C18H26F3N3O2. The van der Waals surface area contributed by atoms with Gasteiger partial charge in [0.15, 0.2) is 5.96 Å². The van der Waals surface area contributed by atoms with E-state index in [1.165, 1.54) is 12.1 Å². The van der Waals surface area contributed by atoms with Crippen molar-refractivity contribution < 1.29 is 23.0 Å². The molecule has 2 rings (SSSR count). The molecule has 0 atom stereocenters. The molecule has 1 aliphatic carbocycles. The van der Waals surface area contributed by atoms with Gasteiger partial charge >= 0.3 is 6.36 Å². The Morgan fingerprint density at radius 1 is 1.19 bits per heavy atom. The smallest absolute Gasteiger partial charge is 0.406 e. The van der Waals surface area contributed by atoms with Crippen LogP contribution in [0.5, 0.6) is 5.75 Å². The van der Waals surface area contributed by atoms with Gasteiger partial charge in [0, 0.05) is 19.1 Å². The lowest BCUT2D eigenvalue weighted by Gasteiger charge is -2.27. The Balaban J connectivity index is 1.83. The molecule has 1 aliphatic rings. The van der Waals surface area contributed by atoms with Crippen LogP contribution in [0.3, 0.4) is 0 Å². The summed E-state index contributed by atoms with van der Waals surface area (Å²) in [7, 11) is 0. The summed E-state index contributed by atoms with van der Waals surface area (Å²) in [4.78, 5) is 4.52. The number of nitrogens with zero attached hydrogens (tertiary/aromatic N) is 1. The first-order chi connectivity index (χ1) is 12.4. The van der Waals surface area contributed by atoms with Crippen LogP contribution in [0.15, 0.2) is 29.3 Å². The first kappa shape index (κ1) is 20.4. The molecule has 0 spiro atoms. The second-order valence-electron chi connectivity index (χ2n) is 6.35. The van der Waals surface area contributed by atoms with Crippen LogP contribution in [0.4, 0.5) is 13.2 Å². The first-order valence-electron chi connectivity index (χ1n) is 8.93. The molecule has 0 radical (unpaired) electrons. The number of rotatable bonds is 6. The summed E-state index contributed by atoms with van der Waals surface area (Å²) in [6, 6.07) is 6.14. The van der Waals surface area contributed by atoms with Gasteiger partial charge in [-0.05, 0) is 56.7 Å². The molecule has 5 nitrogen and oxygen atoms in total. The lowest BCUT2D eigenvalue weighted by Crippen LogP contribution is -2.45. The highest BCUT2D eigenvalue weighted by Crippen LogP contribution is 2.23. The average Bonchev–Trinajstić information content (AvgIpc) is 2.57. The normalized spacial score (nSPS) is 21.3. The lowest BCUT2D eigenvalue weighted by molar-refractivity contribution is -0.274.